The summed E-state index contributed by atoms with van der Waals surface area (Å²) in [6.45, 7) is 0. The van der Waals surface area contributed by atoms with Gasteiger partial charge in [0.05, 0.1) is 11.9 Å². The lowest BCUT2D eigenvalue weighted by Gasteiger charge is -1.99. The van der Waals surface area contributed by atoms with Gasteiger partial charge in [-0.05, 0) is 48.0 Å². The summed E-state index contributed by atoms with van der Waals surface area (Å²) in [6, 6.07) is 13.8. The number of pyridine rings is 1. The Balaban J connectivity index is 1.66. The van der Waals surface area contributed by atoms with Crippen LogP contribution in [0.2, 0.25) is 0 Å². The maximum absolute atomic E-state index is 12.9. The minimum atomic E-state index is -0.252. The predicted octanol–water partition coefficient (Wildman–Crippen LogP) is 4.60. The van der Waals surface area contributed by atoms with Gasteiger partial charge >= 0.3 is 0 Å². The number of hydrogen-bond donors (Lipinski definition) is 1. The van der Waals surface area contributed by atoms with Crippen LogP contribution in [0.25, 0.3) is 16.5 Å². The van der Waals surface area contributed by atoms with Crippen molar-refractivity contribution in [3.8, 4) is 10.4 Å². The minimum Gasteiger partial charge on any atom is -0.321 e. The molecule has 0 aliphatic rings. The Kier molecular flexibility index (Phi) is 4.59. The number of carbonyl (C=O) groups is 1. The van der Waals surface area contributed by atoms with E-state index in [2.05, 4.69) is 10.3 Å². The Morgan fingerprint density at radius 3 is 2.70 bits per heavy atom. The van der Waals surface area contributed by atoms with Crippen molar-refractivity contribution < 1.29 is 9.18 Å². The third-order valence-electron chi connectivity index (χ3n) is 3.08. The van der Waals surface area contributed by atoms with Crippen LogP contribution in [-0.4, -0.2) is 10.9 Å². The van der Waals surface area contributed by atoms with Gasteiger partial charge < -0.3 is 5.32 Å². The molecule has 3 aromatic rings. The highest BCUT2D eigenvalue weighted by Gasteiger charge is 2.02. The Morgan fingerprint density at radius 2 is 1.96 bits per heavy atom. The van der Waals surface area contributed by atoms with Gasteiger partial charge in [-0.3, -0.25) is 9.78 Å². The molecule has 2 aromatic heterocycles. The fourth-order valence-corrected chi connectivity index (χ4v) is 2.91. The van der Waals surface area contributed by atoms with Crippen molar-refractivity contribution in [2.24, 2.45) is 0 Å². The van der Waals surface area contributed by atoms with E-state index in [-0.39, 0.29) is 11.7 Å². The summed E-state index contributed by atoms with van der Waals surface area (Å²) in [5, 5.41) is 2.73. The number of thiophene rings is 1. The van der Waals surface area contributed by atoms with Crippen LogP contribution in [0.3, 0.4) is 0 Å². The summed E-state index contributed by atoms with van der Waals surface area (Å²) in [4.78, 5) is 17.7. The zero-order chi connectivity index (χ0) is 16.1. The molecule has 1 N–H and O–H groups in total. The van der Waals surface area contributed by atoms with E-state index in [0.29, 0.717) is 5.69 Å². The molecule has 0 aliphatic carbocycles. The number of benzene rings is 1. The first kappa shape index (κ1) is 15.1. The van der Waals surface area contributed by atoms with Crippen molar-refractivity contribution in [1.82, 2.24) is 4.98 Å². The largest absolute Gasteiger partial charge is 0.321 e. The predicted molar refractivity (Wildman–Crippen MR) is 91.6 cm³/mol. The van der Waals surface area contributed by atoms with E-state index in [1.54, 1.807) is 42.7 Å². The van der Waals surface area contributed by atoms with Crippen LogP contribution in [0.15, 0.2) is 67.0 Å². The number of rotatable bonds is 4. The van der Waals surface area contributed by atoms with E-state index in [9.17, 15) is 9.18 Å². The first-order chi connectivity index (χ1) is 11.2. The van der Waals surface area contributed by atoms with E-state index in [4.69, 9.17) is 0 Å². The van der Waals surface area contributed by atoms with E-state index in [1.807, 2.05) is 12.1 Å². The summed E-state index contributed by atoms with van der Waals surface area (Å²) >= 11 is 1.54. The lowest BCUT2D eigenvalue weighted by molar-refractivity contribution is -0.111. The van der Waals surface area contributed by atoms with Crippen molar-refractivity contribution in [3.05, 3.63) is 77.7 Å². The van der Waals surface area contributed by atoms with Crippen LogP contribution < -0.4 is 5.32 Å². The second-order valence-corrected chi connectivity index (χ2v) is 5.89. The monoisotopic (exact) mass is 324 g/mol. The maximum Gasteiger partial charge on any atom is 0.248 e. The molecule has 0 aliphatic heterocycles. The van der Waals surface area contributed by atoms with E-state index in [1.165, 1.54) is 29.5 Å². The topological polar surface area (TPSA) is 42.0 Å². The van der Waals surface area contributed by atoms with Gasteiger partial charge in [0.15, 0.2) is 0 Å². The fraction of sp³-hybridized carbons (Fsp3) is 0. The van der Waals surface area contributed by atoms with E-state index < -0.39 is 0 Å². The standard InChI is InChI=1S/C18H13FN2OS/c19-14-5-3-13(4-6-14)17-9-7-16(23-17)8-10-18(22)21-15-2-1-11-20-12-15/h1-12H,(H,21,22)/b10-8+. The molecule has 0 radical (unpaired) electrons. The third kappa shape index (κ3) is 4.11. The molecule has 114 valence electrons. The number of halogens is 1. The average Bonchev–Trinajstić information content (AvgIpc) is 3.04. The lowest BCUT2D eigenvalue weighted by Crippen LogP contribution is -2.07. The maximum atomic E-state index is 12.9. The van der Waals surface area contributed by atoms with Crippen LogP contribution in [0, 0.1) is 5.82 Å². The number of nitrogens with one attached hydrogen (secondary N) is 1. The first-order valence-corrected chi connectivity index (χ1v) is 7.77. The van der Waals surface area contributed by atoms with Gasteiger partial charge in [-0.1, -0.05) is 12.1 Å². The Bertz CT molecular complexity index is 826. The van der Waals surface area contributed by atoms with E-state index in [0.717, 1.165) is 15.3 Å². The van der Waals surface area contributed by atoms with Gasteiger partial charge in [0.25, 0.3) is 0 Å². The van der Waals surface area contributed by atoms with Gasteiger partial charge in [-0.15, -0.1) is 11.3 Å². The average molecular weight is 324 g/mol. The zero-order valence-corrected chi connectivity index (χ0v) is 12.9. The number of nitrogens with zero attached hydrogens (tertiary/aromatic N) is 1. The highest BCUT2D eigenvalue weighted by molar-refractivity contribution is 7.16. The van der Waals surface area contributed by atoms with Crippen molar-refractivity contribution in [2.75, 3.05) is 5.32 Å². The van der Waals surface area contributed by atoms with Gasteiger partial charge in [-0.2, -0.15) is 0 Å². The van der Waals surface area contributed by atoms with Crippen LogP contribution in [0.4, 0.5) is 10.1 Å². The molecule has 0 unspecified atom stereocenters. The Morgan fingerprint density at radius 1 is 1.13 bits per heavy atom. The van der Waals surface area contributed by atoms with Gasteiger partial charge in [0.1, 0.15) is 5.82 Å². The highest BCUT2D eigenvalue weighted by Crippen LogP contribution is 2.28. The zero-order valence-electron chi connectivity index (χ0n) is 12.1. The molecule has 1 aromatic carbocycles. The quantitative estimate of drug-likeness (QED) is 0.713. The molecule has 23 heavy (non-hydrogen) atoms. The normalized spacial score (nSPS) is 10.8. The van der Waals surface area contributed by atoms with Crippen LogP contribution >= 0.6 is 11.3 Å². The van der Waals surface area contributed by atoms with Gasteiger partial charge in [0.2, 0.25) is 5.91 Å². The van der Waals surface area contributed by atoms with Gasteiger partial charge in [0, 0.05) is 22.0 Å². The SMILES string of the molecule is O=C(/C=C/c1ccc(-c2ccc(F)cc2)s1)Nc1cccnc1. The van der Waals surface area contributed by atoms with Crippen LogP contribution in [0.1, 0.15) is 4.88 Å². The highest BCUT2D eigenvalue weighted by atomic mass is 32.1. The van der Waals surface area contributed by atoms with Crippen molar-refractivity contribution in [2.45, 2.75) is 0 Å². The molecule has 0 saturated heterocycles. The third-order valence-corrected chi connectivity index (χ3v) is 4.18. The second-order valence-electron chi connectivity index (χ2n) is 4.77. The molecule has 3 nitrogen and oxygen atoms in total. The van der Waals surface area contributed by atoms with Crippen molar-refractivity contribution in [1.29, 1.82) is 0 Å². The summed E-state index contributed by atoms with van der Waals surface area (Å²) < 4.78 is 12.9. The molecule has 0 bridgehead atoms. The Labute approximate surface area is 137 Å². The van der Waals surface area contributed by atoms with E-state index >= 15 is 0 Å². The number of hydrogen-bond acceptors (Lipinski definition) is 3. The summed E-state index contributed by atoms with van der Waals surface area (Å²) in [5.41, 5.74) is 1.61. The van der Waals surface area contributed by atoms with Crippen molar-refractivity contribution in [3.63, 3.8) is 0 Å². The molecule has 5 heteroatoms. The molecule has 2 heterocycles. The number of amides is 1. The minimum absolute atomic E-state index is 0.213. The molecule has 0 spiro atoms. The smallest absolute Gasteiger partial charge is 0.248 e. The Hall–Kier alpha value is -2.79. The molecular formula is C18H13FN2OS. The lowest BCUT2D eigenvalue weighted by atomic mass is 10.2. The second kappa shape index (κ2) is 6.98. The van der Waals surface area contributed by atoms with Crippen molar-refractivity contribution >= 4 is 29.0 Å². The molecular weight excluding hydrogens is 311 g/mol. The number of anilines is 1. The molecule has 3 rings (SSSR count). The molecule has 0 atom stereocenters. The van der Waals surface area contributed by atoms with Crippen LogP contribution in [0.5, 0.6) is 0 Å². The van der Waals surface area contributed by atoms with Crippen LogP contribution in [-0.2, 0) is 4.79 Å². The van der Waals surface area contributed by atoms with Gasteiger partial charge in [-0.25, -0.2) is 4.39 Å². The summed E-state index contributed by atoms with van der Waals surface area (Å²) in [6.07, 6.45) is 6.47. The first-order valence-electron chi connectivity index (χ1n) is 6.95. The molecule has 0 saturated carbocycles. The fourth-order valence-electron chi connectivity index (χ4n) is 1.99. The summed E-state index contributed by atoms with van der Waals surface area (Å²) in [5.74, 6) is -0.466. The number of carbonyl (C=O) groups excluding carboxylic acids is 1. The number of aromatic nitrogens is 1. The summed E-state index contributed by atoms with van der Waals surface area (Å²) in [7, 11) is 0. The molecule has 1 amide bonds. The molecule has 0 fully saturated rings.